The molecule has 4 N–H and O–H groups in total. The Balaban J connectivity index is 2.26. The molecule has 0 unspecified atom stereocenters. The van der Waals surface area contributed by atoms with E-state index in [-0.39, 0.29) is 5.91 Å². The Kier molecular flexibility index (Phi) is 3.83. The Morgan fingerprint density at radius 1 is 1.59 bits per heavy atom. The molecule has 1 aliphatic rings. The molecule has 1 amide bonds. The molecule has 0 atom stereocenters. The van der Waals surface area contributed by atoms with Gasteiger partial charge in [0.05, 0.1) is 10.6 Å². The molecule has 1 fully saturated rings. The first-order chi connectivity index (χ1) is 8.17. The van der Waals surface area contributed by atoms with Gasteiger partial charge in [-0.1, -0.05) is 0 Å². The summed E-state index contributed by atoms with van der Waals surface area (Å²) in [6.45, 7) is 2.52. The third kappa shape index (κ3) is 2.69. The van der Waals surface area contributed by atoms with Gasteiger partial charge in [-0.15, -0.1) is 23.1 Å². The van der Waals surface area contributed by atoms with Gasteiger partial charge >= 0.3 is 0 Å². The number of amides is 1. The lowest BCUT2D eigenvalue weighted by Gasteiger charge is -2.03. The Labute approximate surface area is 109 Å². The SMILES string of the molecule is CCNC(=O)c1sc(NC2CC2)c(SC)c1N. The van der Waals surface area contributed by atoms with Gasteiger partial charge in [0.1, 0.15) is 9.88 Å². The molecule has 0 saturated heterocycles. The average Bonchev–Trinajstić information content (AvgIpc) is 3.04. The quantitative estimate of drug-likeness (QED) is 0.719. The minimum absolute atomic E-state index is 0.0749. The third-order valence-corrected chi connectivity index (χ3v) is 4.66. The van der Waals surface area contributed by atoms with Crippen LogP contribution in [0.15, 0.2) is 4.90 Å². The number of nitrogens with two attached hydrogens (primary N) is 1. The van der Waals surface area contributed by atoms with Crippen LogP contribution in [0.5, 0.6) is 0 Å². The Morgan fingerprint density at radius 2 is 2.29 bits per heavy atom. The second-order valence-electron chi connectivity index (χ2n) is 3.99. The molecule has 0 spiro atoms. The van der Waals surface area contributed by atoms with Crippen molar-refractivity contribution in [2.45, 2.75) is 30.7 Å². The number of hydrogen-bond donors (Lipinski definition) is 3. The van der Waals surface area contributed by atoms with Gasteiger partial charge < -0.3 is 16.4 Å². The molecule has 1 aliphatic carbocycles. The average molecular weight is 271 g/mol. The van der Waals surface area contributed by atoms with Gasteiger partial charge in [-0.3, -0.25) is 4.79 Å². The largest absolute Gasteiger partial charge is 0.396 e. The van der Waals surface area contributed by atoms with Gasteiger partial charge in [-0.05, 0) is 26.0 Å². The highest BCUT2D eigenvalue weighted by Gasteiger charge is 2.26. The summed E-state index contributed by atoms with van der Waals surface area (Å²) >= 11 is 3.05. The first-order valence-corrected chi connectivity index (χ1v) is 7.72. The van der Waals surface area contributed by atoms with Gasteiger partial charge in [-0.2, -0.15) is 0 Å². The second kappa shape index (κ2) is 5.18. The van der Waals surface area contributed by atoms with E-state index in [4.69, 9.17) is 5.73 Å². The summed E-state index contributed by atoms with van der Waals surface area (Å²) in [7, 11) is 0. The van der Waals surface area contributed by atoms with Crippen molar-refractivity contribution in [1.82, 2.24) is 5.32 Å². The van der Waals surface area contributed by atoms with E-state index in [2.05, 4.69) is 10.6 Å². The highest BCUT2D eigenvalue weighted by molar-refractivity contribution is 7.99. The fourth-order valence-corrected chi connectivity index (χ4v) is 3.56. The highest BCUT2D eigenvalue weighted by Crippen LogP contribution is 2.43. The maximum absolute atomic E-state index is 11.8. The van der Waals surface area contributed by atoms with E-state index in [9.17, 15) is 4.79 Å². The smallest absolute Gasteiger partial charge is 0.263 e. The fourth-order valence-electron chi connectivity index (χ4n) is 1.55. The summed E-state index contributed by atoms with van der Waals surface area (Å²) in [6, 6.07) is 0.570. The van der Waals surface area contributed by atoms with E-state index in [0.717, 1.165) is 9.90 Å². The van der Waals surface area contributed by atoms with Crippen LogP contribution >= 0.6 is 23.1 Å². The predicted octanol–water partition coefficient (Wildman–Crippen LogP) is 2.38. The molecule has 0 aromatic carbocycles. The first kappa shape index (κ1) is 12.6. The van der Waals surface area contributed by atoms with Crippen LogP contribution in [0.1, 0.15) is 29.4 Å². The maximum Gasteiger partial charge on any atom is 0.263 e. The Bertz CT molecular complexity index is 427. The van der Waals surface area contributed by atoms with Crippen LogP contribution in [0.3, 0.4) is 0 Å². The molecule has 0 bridgehead atoms. The Hall–Kier alpha value is -0.880. The van der Waals surface area contributed by atoms with Crippen molar-refractivity contribution in [2.24, 2.45) is 0 Å². The molecule has 6 heteroatoms. The number of nitrogen functional groups attached to an aromatic ring is 1. The van der Waals surface area contributed by atoms with Gasteiger partial charge in [0, 0.05) is 12.6 Å². The van der Waals surface area contributed by atoms with Gasteiger partial charge in [0.15, 0.2) is 0 Å². The number of thioether (sulfide) groups is 1. The molecular weight excluding hydrogens is 254 g/mol. The van der Waals surface area contributed by atoms with Crippen molar-refractivity contribution >= 4 is 39.7 Å². The fraction of sp³-hybridized carbons (Fsp3) is 0.545. The topological polar surface area (TPSA) is 67.2 Å². The predicted molar refractivity (Wildman–Crippen MR) is 75.2 cm³/mol. The summed E-state index contributed by atoms with van der Waals surface area (Å²) < 4.78 is 0. The van der Waals surface area contributed by atoms with Crippen molar-refractivity contribution in [3.8, 4) is 0 Å². The van der Waals surface area contributed by atoms with E-state index in [1.165, 1.54) is 24.2 Å². The van der Waals surface area contributed by atoms with Crippen LogP contribution in [0, 0.1) is 0 Å². The molecule has 0 aliphatic heterocycles. The summed E-state index contributed by atoms with van der Waals surface area (Å²) in [6.07, 6.45) is 4.40. The number of thiophene rings is 1. The van der Waals surface area contributed by atoms with Crippen molar-refractivity contribution in [3.05, 3.63) is 4.88 Å². The van der Waals surface area contributed by atoms with Crippen LogP contribution in [0.25, 0.3) is 0 Å². The summed E-state index contributed by atoms with van der Waals surface area (Å²) in [5, 5.41) is 7.26. The lowest BCUT2D eigenvalue weighted by molar-refractivity contribution is 0.0960. The zero-order valence-electron chi connectivity index (χ0n) is 10.0. The molecule has 1 aromatic rings. The zero-order chi connectivity index (χ0) is 12.4. The monoisotopic (exact) mass is 271 g/mol. The van der Waals surface area contributed by atoms with E-state index in [0.29, 0.717) is 23.2 Å². The maximum atomic E-state index is 11.8. The van der Waals surface area contributed by atoms with Gasteiger partial charge in [0.2, 0.25) is 0 Å². The molecule has 0 radical (unpaired) electrons. The number of anilines is 2. The summed E-state index contributed by atoms with van der Waals surface area (Å²) in [5.41, 5.74) is 6.64. The van der Waals surface area contributed by atoms with Crippen molar-refractivity contribution < 1.29 is 4.79 Å². The molecular formula is C11H17N3OS2. The normalized spacial score (nSPS) is 14.7. The molecule has 4 nitrogen and oxygen atoms in total. The molecule has 1 aromatic heterocycles. The van der Waals surface area contributed by atoms with Crippen LogP contribution in [0.4, 0.5) is 10.7 Å². The van der Waals surface area contributed by atoms with E-state index >= 15 is 0 Å². The molecule has 2 rings (SSSR count). The van der Waals surface area contributed by atoms with E-state index in [1.807, 2.05) is 13.2 Å². The minimum atomic E-state index is -0.0749. The number of nitrogens with one attached hydrogen (secondary N) is 2. The second-order valence-corrected chi connectivity index (χ2v) is 5.82. The van der Waals surface area contributed by atoms with E-state index < -0.39 is 0 Å². The van der Waals surface area contributed by atoms with Gasteiger partial charge in [-0.25, -0.2) is 0 Å². The van der Waals surface area contributed by atoms with Gasteiger partial charge in [0.25, 0.3) is 5.91 Å². The summed E-state index contributed by atoms with van der Waals surface area (Å²) in [5.74, 6) is -0.0749. The van der Waals surface area contributed by atoms with E-state index in [1.54, 1.807) is 11.8 Å². The lowest BCUT2D eigenvalue weighted by atomic mass is 10.3. The number of hydrogen-bond acceptors (Lipinski definition) is 5. The van der Waals surface area contributed by atoms with Crippen LogP contribution in [0.2, 0.25) is 0 Å². The standard InChI is InChI=1S/C11H17N3OS2/c1-3-13-10(15)8-7(12)9(16-2)11(17-8)14-6-4-5-6/h6,14H,3-5,12H2,1-2H3,(H,13,15). The summed E-state index contributed by atoms with van der Waals surface area (Å²) in [4.78, 5) is 13.5. The van der Waals surface area contributed by atoms with Crippen molar-refractivity contribution in [2.75, 3.05) is 23.9 Å². The number of carbonyl (C=O) groups is 1. The Morgan fingerprint density at radius 3 is 2.82 bits per heavy atom. The van der Waals surface area contributed by atoms with Crippen LogP contribution in [-0.2, 0) is 0 Å². The number of carbonyl (C=O) groups excluding carboxylic acids is 1. The zero-order valence-corrected chi connectivity index (χ0v) is 11.6. The molecule has 17 heavy (non-hydrogen) atoms. The number of rotatable bonds is 5. The lowest BCUT2D eigenvalue weighted by Crippen LogP contribution is -2.22. The van der Waals surface area contributed by atoms with Crippen molar-refractivity contribution in [1.29, 1.82) is 0 Å². The van der Waals surface area contributed by atoms with Crippen LogP contribution < -0.4 is 16.4 Å². The highest BCUT2D eigenvalue weighted by atomic mass is 32.2. The minimum Gasteiger partial charge on any atom is -0.396 e. The molecule has 1 heterocycles. The third-order valence-electron chi connectivity index (χ3n) is 2.56. The van der Waals surface area contributed by atoms with Crippen LogP contribution in [-0.4, -0.2) is 24.7 Å². The molecule has 94 valence electrons. The van der Waals surface area contributed by atoms with Crippen molar-refractivity contribution in [3.63, 3.8) is 0 Å². The molecule has 1 saturated carbocycles. The first-order valence-electron chi connectivity index (χ1n) is 5.68.